The number of aromatic nitrogens is 3. The predicted molar refractivity (Wildman–Crippen MR) is 108 cm³/mol. The van der Waals surface area contributed by atoms with Crippen LogP contribution in [0.25, 0.3) is 0 Å². The van der Waals surface area contributed by atoms with E-state index in [1.54, 1.807) is 12.7 Å². The zero-order chi connectivity index (χ0) is 20.4. The van der Waals surface area contributed by atoms with E-state index in [4.69, 9.17) is 4.74 Å². The van der Waals surface area contributed by atoms with Gasteiger partial charge in [-0.1, -0.05) is 26.0 Å². The van der Waals surface area contributed by atoms with Crippen LogP contribution in [-0.2, 0) is 11.3 Å². The van der Waals surface area contributed by atoms with E-state index in [0.29, 0.717) is 37.1 Å². The van der Waals surface area contributed by atoms with Crippen molar-refractivity contribution in [3.63, 3.8) is 0 Å². The van der Waals surface area contributed by atoms with Crippen LogP contribution in [0, 0.1) is 11.8 Å². The fourth-order valence-corrected chi connectivity index (χ4v) is 4.56. The van der Waals surface area contributed by atoms with Crippen LogP contribution in [0.3, 0.4) is 0 Å². The van der Waals surface area contributed by atoms with Crippen molar-refractivity contribution in [2.75, 3.05) is 13.1 Å². The van der Waals surface area contributed by atoms with Gasteiger partial charge in [-0.2, -0.15) is 0 Å². The molecule has 2 aliphatic rings. The highest BCUT2D eigenvalue weighted by molar-refractivity contribution is 5.76. The Morgan fingerprint density at radius 1 is 1.21 bits per heavy atom. The summed E-state index contributed by atoms with van der Waals surface area (Å²) in [5.41, 5.74) is 1.23. The highest BCUT2D eigenvalue weighted by Crippen LogP contribution is 2.38. The molecule has 1 aliphatic heterocycles. The molecule has 1 aromatic carbocycles. The van der Waals surface area contributed by atoms with Gasteiger partial charge < -0.3 is 19.3 Å². The zero-order valence-electron chi connectivity index (χ0n) is 17.1. The van der Waals surface area contributed by atoms with Crippen LogP contribution in [-0.4, -0.2) is 56.0 Å². The first-order chi connectivity index (χ1) is 14.0. The molecule has 0 spiro atoms. The maximum absolute atomic E-state index is 12.6. The molecule has 2 fully saturated rings. The number of fused-ring (bicyclic) bond motifs is 1. The summed E-state index contributed by atoms with van der Waals surface area (Å²) in [7, 11) is 0. The van der Waals surface area contributed by atoms with Crippen molar-refractivity contribution in [1.29, 1.82) is 0 Å². The summed E-state index contributed by atoms with van der Waals surface area (Å²) in [5.74, 6) is 2.15. The largest absolute Gasteiger partial charge is 0.488 e. The van der Waals surface area contributed by atoms with Crippen LogP contribution in [0.2, 0.25) is 0 Å². The van der Waals surface area contributed by atoms with Crippen LogP contribution in [0.5, 0.6) is 5.75 Å². The Morgan fingerprint density at radius 2 is 1.93 bits per heavy atom. The lowest BCUT2D eigenvalue weighted by atomic mass is 9.78. The van der Waals surface area contributed by atoms with Gasteiger partial charge in [-0.25, -0.2) is 0 Å². The van der Waals surface area contributed by atoms with Crippen molar-refractivity contribution in [3.8, 4) is 5.75 Å². The van der Waals surface area contributed by atoms with Gasteiger partial charge in [0.25, 0.3) is 0 Å². The summed E-state index contributed by atoms with van der Waals surface area (Å²) in [6.45, 7) is 6.40. The lowest BCUT2D eigenvalue weighted by Crippen LogP contribution is -2.42. The Hall–Kier alpha value is -2.41. The second kappa shape index (κ2) is 8.53. The molecule has 1 amide bonds. The fourth-order valence-electron chi connectivity index (χ4n) is 4.56. The molecule has 156 valence electrons. The van der Waals surface area contributed by atoms with Crippen LogP contribution < -0.4 is 4.74 Å². The minimum atomic E-state index is -0.494. The number of hydrogen-bond acceptors (Lipinski definition) is 5. The molecule has 4 atom stereocenters. The summed E-state index contributed by atoms with van der Waals surface area (Å²) < 4.78 is 8.01. The zero-order valence-corrected chi connectivity index (χ0v) is 17.1. The number of aliphatic hydroxyl groups is 1. The average molecular weight is 399 g/mol. The standard InChI is InChI=1S/C22H30N4O3/c1-15(2)16-4-3-5-19(8-16)29-21-10-18-12-26(11-17(18)9-20(21)27)22(28)6-7-25-13-23-24-14-25/h3-5,8,13-15,17-18,20-21,27H,6-7,9-12H2,1-2H3/t17-,18+,20+,21+/m0/s1. The molecule has 29 heavy (non-hydrogen) atoms. The van der Waals surface area contributed by atoms with Crippen LogP contribution >= 0.6 is 0 Å². The number of nitrogens with zero attached hydrogens (tertiary/aromatic N) is 4. The Labute approximate surface area is 171 Å². The molecule has 1 aliphatic carbocycles. The number of likely N-dealkylation sites (tertiary alicyclic amines) is 1. The molecule has 1 aromatic heterocycles. The van der Waals surface area contributed by atoms with Crippen molar-refractivity contribution in [1.82, 2.24) is 19.7 Å². The third kappa shape index (κ3) is 4.61. The fraction of sp³-hybridized carbons (Fsp3) is 0.591. The molecule has 0 radical (unpaired) electrons. The number of amides is 1. The normalized spacial score (nSPS) is 26.6. The lowest BCUT2D eigenvalue weighted by Gasteiger charge is -2.35. The highest BCUT2D eigenvalue weighted by atomic mass is 16.5. The molecule has 0 unspecified atom stereocenters. The summed E-state index contributed by atoms with van der Waals surface area (Å²) in [6, 6.07) is 8.14. The van der Waals surface area contributed by atoms with Crippen LogP contribution in [0.15, 0.2) is 36.9 Å². The maximum atomic E-state index is 12.6. The number of hydrogen-bond donors (Lipinski definition) is 1. The number of ether oxygens (including phenoxy) is 1. The Morgan fingerprint density at radius 3 is 2.66 bits per heavy atom. The van der Waals surface area contributed by atoms with E-state index in [0.717, 1.165) is 25.3 Å². The number of rotatable bonds is 6. The molecular weight excluding hydrogens is 368 g/mol. The van der Waals surface area contributed by atoms with E-state index in [9.17, 15) is 9.90 Å². The summed E-state index contributed by atoms with van der Waals surface area (Å²) in [4.78, 5) is 14.6. The Balaban J connectivity index is 1.34. The van der Waals surface area contributed by atoms with E-state index < -0.39 is 6.10 Å². The molecule has 2 aromatic rings. The van der Waals surface area contributed by atoms with Crippen molar-refractivity contribution < 1.29 is 14.6 Å². The summed E-state index contributed by atoms with van der Waals surface area (Å²) in [6.07, 6.45) is 4.47. The van der Waals surface area contributed by atoms with Crippen molar-refractivity contribution >= 4 is 5.91 Å². The molecule has 4 rings (SSSR count). The SMILES string of the molecule is CC(C)c1cccc(O[C@@H]2C[C@@H]3CN(C(=O)CCn4cnnc4)C[C@@H]3C[C@H]2O)c1. The van der Waals surface area contributed by atoms with Crippen LogP contribution in [0.1, 0.15) is 44.6 Å². The van der Waals surface area contributed by atoms with Gasteiger partial charge in [0.05, 0.1) is 6.10 Å². The van der Waals surface area contributed by atoms with E-state index >= 15 is 0 Å². The van der Waals surface area contributed by atoms with Gasteiger partial charge in [0, 0.05) is 26.1 Å². The molecule has 1 saturated carbocycles. The highest BCUT2D eigenvalue weighted by Gasteiger charge is 2.43. The second-order valence-electron chi connectivity index (χ2n) is 8.69. The summed E-state index contributed by atoms with van der Waals surface area (Å²) in [5, 5.41) is 18.2. The van der Waals surface area contributed by atoms with E-state index in [-0.39, 0.29) is 12.0 Å². The number of carbonyl (C=O) groups excluding carboxylic acids is 1. The maximum Gasteiger partial charge on any atom is 0.224 e. The van der Waals surface area contributed by atoms with Gasteiger partial charge >= 0.3 is 0 Å². The molecule has 0 bridgehead atoms. The second-order valence-corrected chi connectivity index (χ2v) is 8.69. The average Bonchev–Trinajstić information content (AvgIpc) is 3.36. The van der Waals surface area contributed by atoms with Crippen LogP contribution in [0.4, 0.5) is 0 Å². The quantitative estimate of drug-likeness (QED) is 0.809. The van der Waals surface area contributed by atoms with E-state index in [1.807, 2.05) is 21.6 Å². The molecule has 7 heteroatoms. The third-order valence-corrected chi connectivity index (χ3v) is 6.30. The number of aryl methyl sites for hydroxylation is 1. The first kappa shape index (κ1) is 19.9. The van der Waals surface area contributed by atoms with Crippen molar-refractivity contribution in [2.24, 2.45) is 11.8 Å². The van der Waals surface area contributed by atoms with Gasteiger partial charge in [-0.15, -0.1) is 10.2 Å². The Kier molecular flexibility index (Phi) is 5.85. The lowest BCUT2D eigenvalue weighted by molar-refractivity contribution is -0.130. The molecule has 2 heterocycles. The third-order valence-electron chi connectivity index (χ3n) is 6.30. The van der Waals surface area contributed by atoms with Crippen molar-refractivity contribution in [3.05, 3.63) is 42.5 Å². The van der Waals surface area contributed by atoms with Gasteiger partial charge in [0.15, 0.2) is 0 Å². The monoisotopic (exact) mass is 398 g/mol. The van der Waals surface area contributed by atoms with E-state index in [1.165, 1.54) is 5.56 Å². The minimum Gasteiger partial charge on any atom is -0.488 e. The number of aliphatic hydroxyl groups excluding tert-OH is 1. The number of carbonyl (C=O) groups is 1. The molecular formula is C22H30N4O3. The minimum absolute atomic E-state index is 0.157. The molecule has 1 saturated heterocycles. The Bertz CT molecular complexity index is 823. The van der Waals surface area contributed by atoms with Gasteiger partial charge in [-0.3, -0.25) is 4.79 Å². The van der Waals surface area contributed by atoms with Gasteiger partial charge in [0.2, 0.25) is 5.91 Å². The number of benzene rings is 1. The van der Waals surface area contributed by atoms with E-state index in [2.05, 4.69) is 36.2 Å². The first-order valence-corrected chi connectivity index (χ1v) is 10.5. The smallest absolute Gasteiger partial charge is 0.224 e. The molecule has 1 N–H and O–H groups in total. The summed E-state index contributed by atoms with van der Waals surface area (Å²) >= 11 is 0. The first-order valence-electron chi connectivity index (χ1n) is 10.5. The molecule has 7 nitrogen and oxygen atoms in total. The van der Waals surface area contributed by atoms with Gasteiger partial charge in [-0.05, 0) is 48.3 Å². The predicted octanol–water partition coefficient (Wildman–Crippen LogP) is 2.47. The topological polar surface area (TPSA) is 80.5 Å². The van der Waals surface area contributed by atoms with Gasteiger partial charge in [0.1, 0.15) is 24.5 Å². The van der Waals surface area contributed by atoms with Crippen molar-refractivity contribution in [2.45, 2.75) is 57.8 Å².